The van der Waals surface area contributed by atoms with Gasteiger partial charge in [-0.05, 0) is 24.5 Å². The minimum atomic E-state index is 0.409. The minimum Gasteiger partial charge on any atom is -0.372 e. The fourth-order valence-electron chi connectivity index (χ4n) is 1.95. The molecule has 2 nitrogen and oxygen atoms in total. The van der Waals surface area contributed by atoms with E-state index >= 15 is 0 Å². The summed E-state index contributed by atoms with van der Waals surface area (Å²) < 4.78 is 5.58. The first-order chi connectivity index (χ1) is 5.27. The highest BCUT2D eigenvalue weighted by atomic mass is 16.5. The highest BCUT2D eigenvalue weighted by molar-refractivity contribution is 5.15. The fourth-order valence-corrected chi connectivity index (χ4v) is 1.95. The van der Waals surface area contributed by atoms with Gasteiger partial charge >= 0.3 is 0 Å². The first-order valence-corrected chi connectivity index (χ1v) is 4.30. The Labute approximate surface area is 67.6 Å². The number of ether oxygens (including phenoxy) is 1. The molecular weight excluding hydrogens is 138 g/mol. The van der Waals surface area contributed by atoms with E-state index in [0.29, 0.717) is 12.1 Å². The van der Waals surface area contributed by atoms with Gasteiger partial charge in [-0.2, -0.15) is 0 Å². The average molecular weight is 153 g/mol. The first kappa shape index (κ1) is 7.32. The lowest BCUT2D eigenvalue weighted by Crippen LogP contribution is -2.45. The molecule has 62 valence electrons. The third kappa shape index (κ3) is 1.21. The average Bonchev–Trinajstić information content (AvgIpc) is 2.32. The molecule has 0 bridgehead atoms. The Balaban J connectivity index is 2.06. The van der Waals surface area contributed by atoms with Crippen molar-refractivity contribution in [3.63, 3.8) is 0 Å². The minimum absolute atomic E-state index is 0.409. The maximum absolute atomic E-state index is 5.58. The SMILES string of the molecule is C=C1CO[C@@H]2C[C@H](C)CN[C@@H]12. The Morgan fingerprint density at radius 2 is 2.45 bits per heavy atom. The van der Waals surface area contributed by atoms with Gasteiger partial charge in [-0.15, -0.1) is 0 Å². The molecule has 0 aromatic rings. The summed E-state index contributed by atoms with van der Waals surface area (Å²) in [7, 11) is 0. The molecule has 3 atom stereocenters. The van der Waals surface area contributed by atoms with E-state index < -0.39 is 0 Å². The lowest BCUT2D eigenvalue weighted by atomic mass is 9.92. The normalized spacial score (nSPS) is 44.1. The number of fused-ring (bicyclic) bond motifs is 1. The lowest BCUT2D eigenvalue weighted by molar-refractivity contribution is 0.0636. The molecule has 11 heavy (non-hydrogen) atoms. The van der Waals surface area contributed by atoms with Crippen LogP contribution in [0.5, 0.6) is 0 Å². The van der Waals surface area contributed by atoms with Crippen molar-refractivity contribution < 1.29 is 4.74 Å². The van der Waals surface area contributed by atoms with Crippen LogP contribution in [0.4, 0.5) is 0 Å². The largest absolute Gasteiger partial charge is 0.372 e. The van der Waals surface area contributed by atoms with Crippen LogP contribution in [0.2, 0.25) is 0 Å². The highest BCUT2D eigenvalue weighted by Crippen LogP contribution is 2.27. The summed E-state index contributed by atoms with van der Waals surface area (Å²) in [5.41, 5.74) is 1.22. The number of rotatable bonds is 0. The molecule has 0 unspecified atom stereocenters. The maximum atomic E-state index is 5.58. The predicted octanol–water partition coefficient (Wildman–Crippen LogP) is 0.939. The quantitative estimate of drug-likeness (QED) is 0.523. The van der Waals surface area contributed by atoms with Crippen molar-refractivity contribution in [1.82, 2.24) is 5.32 Å². The smallest absolute Gasteiger partial charge is 0.0774 e. The number of hydrogen-bond donors (Lipinski definition) is 1. The molecule has 0 radical (unpaired) electrons. The fraction of sp³-hybridized carbons (Fsp3) is 0.778. The van der Waals surface area contributed by atoms with Crippen molar-refractivity contribution in [3.8, 4) is 0 Å². The van der Waals surface area contributed by atoms with Gasteiger partial charge in [0.05, 0.1) is 18.8 Å². The van der Waals surface area contributed by atoms with Crippen molar-refractivity contribution in [2.45, 2.75) is 25.5 Å². The van der Waals surface area contributed by atoms with Gasteiger partial charge in [-0.3, -0.25) is 0 Å². The van der Waals surface area contributed by atoms with Gasteiger partial charge in [0.2, 0.25) is 0 Å². The lowest BCUT2D eigenvalue weighted by Gasteiger charge is -2.29. The van der Waals surface area contributed by atoms with Crippen LogP contribution in [0, 0.1) is 5.92 Å². The first-order valence-electron chi connectivity index (χ1n) is 4.30. The molecule has 2 heterocycles. The van der Waals surface area contributed by atoms with Crippen LogP contribution < -0.4 is 5.32 Å². The summed E-state index contributed by atoms with van der Waals surface area (Å²) in [4.78, 5) is 0. The van der Waals surface area contributed by atoms with E-state index in [-0.39, 0.29) is 0 Å². The Kier molecular flexibility index (Phi) is 1.74. The van der Waals surface area contributed by atoms with Crippen LogP contribution in [0.3, 0.4) is 0 Å². The van der Waals surface area contributed by atoms with Gasteiger partial charge in [0.15, 0.2) is 0 Å². The van der Waals surface area contributed by atoms with Gasteiger partial charge in [0.25, 0.3) is 0 Å². The highest BCUT2D eigenvalue weighted by Gasteiger charge is 2.35. The molecule has 2 rings (SSSR count). The second-order valence-electron chi connectivity index (χ2n) is 3.73. The van der Waals surface area contributed by atoms with Gasteiger partial charge in [-0.1, -0.05) is 13.5 Å². The molecule has 2 aliphatic rings. The summed E-state index contributed by atoms with van der Waals surface area (Å²) >= 11 is 0. The van der Waals surface area contributed by atoms with Crippen molar-refractivity contribution in [1.29, 1.82) is 0 Å². The van der Waals surface area contributed by atoms with Gasteiger partial charge in [-0.25, -0.2) is 0 Å². The number of hydrogen-bond acceptors (Lipinski definition) is 2. The van der Waals surface area contributed by atoms with E-state index in [0.717, 1.165) is 19.1 Å². The molecule has 0 aromatic carbocycles. The van der Waals surface area contributed by atoms with E-state index in [4.69, 9.17) is 4.74 Å². The second kappa shape index (κ2) is 2.61. The molecule has 2 aliphatic heterocycles. The topological polar surface area (TPSA) is 21.3 Å². The van der Waals surface area contributed by atoms with E-state index in [2.05, 4.69) is 18.8 Å². The van der Waals surface area contributed by atoms with Crippen molar-refractivity contribution in [3.05, 3.63) is 12.2 Å². The third-order valence-corrected chi connectivity index (χ3v) is 2.62. The summed E-state index contributed by atoms with van der Waals surface area (Å²) in [5, 5.41) is 3.46. The van der Waals surface area contributed by atoms with Crippen molar-refractivity contribution >= 4 is 0 Å². The zero-order chi connectivity index (χ0) is 7.84. The monoisotopic (exact) mass is 153 g/mol. The number of nitrogens with one attached hydrogen (secondary N) is 1. The molecule has 0 amide bonds. The molecule has 1 N–H and O–H groups in total. The Morgan fingerprint density at radius 3 is 3.27 bits per heavy atom. The zero-order valence-electron chi connectivity index (χ0n) is 6.97. The van der Waals surface area contributed by atoms with E-state index in [9.17, 15) is 0 Å². The van der Waals surface area contributed by atoms with Crippen LogP contribution in [0.1, 0.15) is 13.3 Å². The Hall–Kier alpha value is -0.340. The van der Waals surface area contributed by atoms with Gasteiger partial charge in [0, 0.05) is 0 Å². The third-order valence-electron chi connectivity index (χ3n) is 2.62. The second-order valence-corrected chi connectivity index (χ2v) is 3.73. The van der Waals surface area contributed by atoms with Crippen molar-refractivity contribution in [2.75, 3.05) is 13.2 Å². The standard InChI is InChI=1S/C9H15NO/c1-6-3-8-9(10-4-6)7(2)5-11-8/h6,8-10H,2-5H2,1H3/t6-,8+,9-/m0/s1. The van der Waals surface area contributed by atoms with Crippen LogP contribution >= 0.6 is 0 Å². The van der Waals surface area contributed by atoms with Crippen LogP contribution in [-0.4, -0.2) is 25.3 Å². The summed E-state index contributed by atoms with van der Waals surface area (Å²) in [6.45, 7) is 8.11. The van der Waals surface area contributed by atoms with E-state index in [1.165, 1.54) is 12.0 Å². The van der Waals surface area contributed by atoms with Crippen LogP contribution in [-0.2, 0) is 4.74 Å². The summed E-state index contributed by atoms with van der Waals surface area (Å²) in [6, 6.07) is 0.450. The van der Waals surface area contributed by atoms with Crippen molar-refractivity contribution in [2.24, 2.45) is 5.92 Å². The van der Waals surface area contributed by atoms with Crippen LogP contribution in [0.25, 0.3) is 0 Å². The van der Waals surface area contributed by atoms with Crippen LogP contribution in [0.15, 0.2) is 12.2 Å². The summed E-state index contributed by atoms with van der Waals surface area (Å²) in [5.74, 6) is 0.752. The predicted molar refractivity (Wildman–Crippen MR) is 44.5 cm³/mol. The molecular formula is C9H15NO. The molecule has 2 heteroatoms. The molecule has 0 aliphatic carbocycles. The van der Waals surface area contributed by atoms with Gasteiger partial charge in [0.1, 0.15) is 0 Å². The van der Waals surface area contributed by atoms with Gasteiger partial charge < -0.3 is 10.1 Å². The van der Waals surface area contributed by atoms with E-state index in [1.54, 1.807) is 0 Å². The molecule has 2 fully saturated rings. The summed E-state index contributed by atoms with van der Waals surface area (Å²) in [6.07, 6.45) is 1.60. The van der Waals surface area contributed by atoms with E-state index in [1.807, 2.05) is 0 Å². The maximum Gasteiger partial charge on any atom is 0.0774 e. The zero-order valence-corrected chi connectivity index (χ0v) is 6.97. The molecule has 2 saturated heterocycles. The molecule has 0 saturated carbocycles. The molecule has 0 spiro atoms. The Morgan fingerprint density at radius 1 is 1.64 bits per heavy atom. The Bertz CT molecular complexity index is 178. The molecule has 0 aromatic heterocycles. The number of piperidine rings is 1.